The molecule has 1 aliphatic heterocycles. The number of ketones is 1. The maximum absolute atomic E-state index is 12.8. The Morgan fingerprint density at radius 1 is 1.23 bits per heavy atom. The lowest BCUT2D eigenvalue weighted by atomic mass is 9.94. The van der Waals surface area contributed by atoms with Crippen LogP contribution in [0.5, 0.6) is 5.75 Å². The van der Waals surface area contributed by atoms with Crippen LogP contribution in [0.3, 0.4) is 0 Å². The van der Waals surface area contributed by atoms with Crippen LogP contribution in [0.25, 0.3) is 0 Å². The Kier molecular flexibility index (Phi) is 5.35. The maximum atomic E-state index is 12.8. The summed E-state index contributed by atoms with van der Waals surface area (Å²) in [6.45, 7) is 5.68. The average molecular weight is 357 g/mol. The predicted octanol–water partition coefficient (Wildman–Crippen LogP) is 4.09. The monoisotopic (exact) mass is 357 g/mol. The van der Waals surface area contributed by atoms with Crippen LogP contribution < -0.4 is 4.74 Å². The van der Waals surface area contributed by atoms with Crippen LogP contribution in [0.2, 0.25) is 0 Å². The lowest BCUT2D eigenvalue weighted by Gasteiger charge is -2.32. The summed E-state index contributed by atoms with van der Waals surface area (Å²) in [5.41, 5.74) is 1.07. The van der Waals surface area contributed by atoms with Crippen molar-refractivity contribution in [1.82, 2.24) is 4.90 Å². The quantitative estimate of drug-likeness (QED) is 0.833. The highest BCUT2D eigenvalue weighted by atomic mass is 16.5. The zero-order valence-corrected chi connectivity index (χ0v) is 15.7. The maximum Gasteiger partial charge on any atom is 0.290 e. The van der Waals surface area contributed by atoms with E-state index >= 15 is 0 Å². The predicted molar refractivity (Wildman–Crippen MR) is 99.0 cm³/mol. The first-order valence-corrected chi connectivity index (χ1v) is 9.49. The van der Waals surface area contributed by atoms with Crippen LogP contribution in [0.4, 0.5) is 0 Å². The van der Waals surface area contributed by atoms with Gasteiger partial charge in [-0.25, -0.2) is 0 Å². The van der Waals surface area contributed by atoms with Gasteiger partial charge in [0.2, 0.25) is 0 Å². The Morgan fingerprint density at radius 2 is 1.85 bits per heavy atom. The van der Waals surface area contributed by atoms with E-state index in [1.165, 1.54) is 0 Å². The molecule has 1 aliphatic carbocycles. The van der Waals surface area contributed by atoms with Gasteiger partial charge in [-0.3, -0.25) is 9.59 Å². The van der Waals surface area contributed by atoms with E-state index in [1.54, 1.807) is 11.8 Å². The van der Waals surface area contributed by atoms with Gasteiger partial charge in [0, 0.05) is 12.5 Å². The lowest BCUT2D eigenvalue weighted by Crippen LogP contribution is -2.38. The Balaban J connectivity index is 1.99. The number of nitrogens with zero attached hydrogens (tertiary/aromatic N) is 1. The van der Waals surface area contributed by atoms with Gasteiger partial charge in [-0.1, -0.05) is 31.9 Å². The number of rotatable bonds is 6. The summed E-state index contributed by atoms with van der Waals surface area (Å²) in [5, 5.41) is 10.4. The van der Waals surface area contributed by atoms with Crippen LogP contribution in [0.15, 0.2) is 35.6 Å². The minimum Gasteiger partial charge on any atom is -0.503 e. The van der Waals surface area contributed by atoms with Gasteiger partial charge in [0.1, 0.15) is 5.75 Å². The summed E-state index contributed by atoms with van der Waals surface area (Å²) in [6.07, 6.45) is 4.30. The Hall–Kier alpha value is -2.30. The Bertz CT molecular complexity index is 714. The van der Waals surface area contributed by atoms with Crippen molar-refractivity contribution in [3.63, 3.8) is 0 Å². The molecule has 0 radical (unpaired) electrons. The van der Waals surface area contributed by atoms with Crippen molar-refractivity contribution in [1.29, 1.82) is 0 Å². The van der Waals surface area contributed by atoms with Gasteiger partial charge >= 0.3 is 0 Å². The molecule has 1 unspecified atom stereocenters. The first-order valence-electron chi connectivity index (χ1n) is 9.49. The van der Waals surface area contributed by atoms with Crippen LogP contribution in [0.1, 0.15) is 64.5 Å². The SMILES string of the molecule is CCC(=O)C1=C(O)C(=O)N(C2CCCC2)C1c1ccc(OC(C)C)cc1. The number of aliphatic hydroxyl groups excluding tert-OH is 1. The molecule has 0 bridgehead atoms. The van der Waals surface area contributed by atoms with E-state index in [1.807, 2.05) is 38.1 Å². The highest BCUT2D eigenvalue weighted by Crippen LogP contribution is 2.42. The number of carbonyl (C=O) groups is 2. The number of carbonyl (C=O) groups excluding carboxylic acids is 2. The lowest BCUT2D eigenvalue weighted by molar-refractivity contribution is -0.131. The standard InChI is InChI=1S/C21H27NO4/c1-4-17(23)18-19(14-9-11-16(12-10-14)26-13(2)3)22(21(25)20(18)24)15-7-5-6-8-15/h9-13,15,19,24H,4-8H2,1-3H3. The molecule has 5 nitrogen and oxygen atoms in total. The van der Waals surface area contributed by atoms with E-state index in [-0.39, 0.29) is 35.7 Å². The summed E-state index contributed by atoms with van der Waals surface area (Å²) in [5.74, 6) is -0.224. The fraction of sp³-hybridized carbons (Fsp3) is 0.524. The van der Waals surface area contributed by atoms with Crippen molar-refractivity contribution >= 4 is 11.7 Å². The molecule has 140 valence electrons. The van der Waals surface area contributed by atoms with Crippen molar-refractivity contribution in [3.8, 4) is 5.75 Å². The van der Waals surface area contributed by atoms with Crippen LogP contribution in [0, 0.1) is 0 Å². The van der Waals surface area contributed by atoms with Crippen molar-refractivity contribution in [2.45, 2.75) is 71.1 Å². The zero-order chi connectivity index (χ0) is 18.8. The van der Waals surface area contributed by atoms with Crippen LogP contribution in [-0.2, 0) is 9.59 Å². The van der Waals surface area contributed by atoms with Crippen molar-refractivity contribution in [3.05, 3.63) is 41.2 Å². The van der Waals surface area contributed by atoms with E-state index < -0.39 is 11.9 Å². The molecule has 26 heavy (non-hydrogen) atoms. The van der Waals surface area contributed by atoms with Gasteiger partial charge in [-0.2, -0.15) is 0 Å². The van der Waals surface area contributed by atoms with E-state index in [4.69, 9.17) is 4.74 Å². The molecular formula is C21H27NO4. The van der Waals surface area contributed by atoms with Gasteiger partial charge in [-0.05, 0) is 44.4 Å². The van der Waals surface area contributed by atoms with Gasteiger partial charge in [0.25, 0.3) is 5.91 Å². The largest absolute Gasteiger partial charge is 0.503 e. The second-order valence-electron chi connectivity index (χ2n) is 7.33. The summed E-state index contributed by atoms with van der Waals surface area (Å²) >= 11 is 0. The fourth-order valence-corrected chi connectivity index (χ4v) is 3.99. The zero-order valence-electron chi connectivity index (χ0n) is 15.7. The van der Waals surface area contributed by atoms with Gasteiger partial charge < -0.3 is 14.7 Å². The fourth-order valence-electron chi connectivity index (χ4n) is 3.99. The van der Waals surface area contributed by atoms with Gasteiger partial charge in [0.15, 0.2) is 11.5 Å². The first kappa shape index (κ1) is 18.5. The molecule has 0 spiro atoms. The summed E-state index contributed by atoms with van der Waals surface area (Å²) in [4.78, 5) is 27.0. The molecule has 5 heteroatoms. The van der Waals surface area contributed by atoms with E-state index in [0.717, 1.165) is 37.0 Å². The molecule has 1 N–H and O–H groups in total. The number of hydrogen-bond acceptors (Lipinski definition) is 4. The average Bonchev–Trinajstić information content (AvgIpc) is 3.22. The topological polar surface area (TPSA) is 66.8 Å². The number of amides is 1. The van der Waals surface area contributed by atoms with E-state index in [2.05, 4.69) is 0 Å². The van der Waals surface area contributed by atoms with Crippen LogP contribution >= 0.6 is 0 Å². The molecule has 1 saturated carbocycles. The number of ether oxygens (including phenoxy) is 1. The molecule has 1 amide bonds. The summed E-state index contributed by atoms with van der Waals surface area (Å²) < 4.78 is 5.69. The van der Waals surface area contributed by atoms with Crippen LogP contribution in [-0.4, -0.2) is 33.8 Å². The number of benzene rings is 1. The third kappa shape index (κ3) is 3.35. The van der Waals surface area contributed by atoms with Crippen molar-refractivity contribution < 1.29 is 19.4 Å². The molecule has 0 aromatic heterocycles. The molecule has 1 atom stereocenters. The first-order chi connectivity index (χ1) is 12.4. The highest BCUT2D eigenvalue weighted by molar-refractivity contribution is 6.09. The molecule has 1 heterocycles. The number of aliphatic hydroxyl groups is 1. The van der Waals surface area contributed by atoms with Crippen molar-refractivity contribution in [2.24, 2.45) is 0 Å². The number of Topliss-reactive ketones (excluding diaryl/α,β-unsaturated/α-hetero) is 1. The number of hydrogen-bond donors (Lipinski definition) is 1. The molecule has 2 aliphatic rings. The smallest absolute Gasteiger partial charge is 0.290 e. The molecule has 1 fully saturated rings. The highest BCUT2D eigenvalue weighted by Gasteiger charge is 2.46. The summed E-state index contributed by atoms with van der Waals surface area (Å²) in [6, 6.07) is 7.05. The van der Waals surface area contributed by atoms with Gasteiger partial charge in [-0.15, -0.1) is 0 Å². The third-order valence-electron chi connectivity index (χ3n) is 5.15. The Labute approximate surface area is 154 Å². The third-order valence-corrected chi connectivity index (χ3v) is 5.15. The normalized spacial score (nSPS) is 21.2. The second-order valence-corrected chi connectivity index (χ2v) is 7.33. The molecule has 1 aromatic rings. The minimum absolute atomic E-state index is 0.0726. The molecular weight excluding hydrogens is 330 g/mol. The van der Waals surface area contributed by atoms with E-state index in [9.17, 15) is 14.7 Å². The molecule has 0 saturated heterocycles. The summed E-state index contributed by atoms with van der Waals surface area (Å²) in [7, 11) is 0. The second kappa shape index (κ2) is 7.52. The minimum atomic E-state index is -0.508. The Morgan fingerprint density at radius 3 is 2.38 bits per heavy atom. The molecule has 3 rings (SSSR count). The van der Waals surface area contributed by atoms with Gasteiger partial charge in [0.05, 0.1) is 17.7 Å². The van der Waals surface area contributed by atoms with Crippen molar-refractivity contribution in [2.75, 3.05) is 0 Å². The molecule has 1 aromatic carbocycles. The van der Waals surface area contributed by atoms with E-state index in [0.29, 0.717) is 0 Å².